The molecule has 1 N–H and O–H groups in total. The van der Waals surface area contributed by atoms with E-state index in [0.717, 1.165) is 16.9 Å². The highest BCUT2D eigenvalue weighted by atomic mass is 16.5. The van der Waals surface area contributed by atoms with E-state index in [9.17, 15) is 0 Å². The van der Waals surface area contributed by atoms with E-state index in [0.29, 0.717) is 24.3 Å². The normalized spacial score (nSPS) is 10.8. The van der Waals surface area contributed by atoms with Crippen molar-refractivity contribution in [3.8, 4) is 11.6 Å². The molecule has 0 aliphatic carbocycles. The Morgan fingerprint density at radius 1 is 1.17 bits per heavy atom. The van der Waals surface area contributed by atoms with Crippen LogP contribution in [-0.2, 0) is 6.54 Å². The minimum atomic E-state index is 0.331. The van der Waals surface area contributed by atoms with Gasteiger partial charge in [0, 0.05) is 30.6 Å². The van der Waals surface area contributed by atoms with Gasteiger partial charge in [0.2, 0.25) is 11.8 Å². The van der Waals surface area contributed by atoms with Crippen LogP contribution in [-0.4, -0.2) is 26.9 Å². The van der Waals surface area contributed by atoms with Crippen LogP contribution in [0.2, 0.25) is 0 Å². The largest absolute Gasteiger partial charge is 0.481 e. The van der Waals surface area contributed by atoms with Crippen molar-refractivity contribution in [3.63, 3.8) is 0 Å². The number of methoxy groups -OCH3 is 1. The van der Waals surface area contributed by atoms with Crippen LogP contribution in [0.15, 0.2) is 48.8 Å². The molecule has 0 spiro atoms. The molecule has 0 saturated heterocycles. The van der Waals surface area contributed by atoms with E-state index in [-0.39, 0.29) is 0 Å². The quantitative estimate of drug-likeness (QED) is 0.753. The number of benzene rings is 1. The number of anilines is 1. The molecule has 0 amide bonds. The molecule has 0 aliphatic heterocycles. The molecule has 2 aromatic heterocycles. The highest BCUT2D eigenvalue weighted by Crippen LogP contribution is 2.21. The molecule has 124 valence electrons. The van der Waals surface area contributed by atoms with Crippen molar-refractivity contribution in [2.45, 2.75) is 26.3 Å². The topological polar surface area (TPSA) is 64.9 Å². The number of rotatable bonds is 6. The van der Waals surface area contributed by atoms with Gasteiger partial charge in [-0.3, -0.25) is 0 Å². The molecule has 0 unspecified atom stereocenters. The standard InChI is InChI=1S/C18H21N5O/c1-13(2)17-14(11-20-18-19-10-9-16(21-18)24-3)12-23(22-17)15-7-5-4-6-8-15/h4-10,12-13H,11H2,1-3H3,(H,19,20,21). The summed E-state index contributed by atoms with van der Waals surface area (Å²) in [5, 5.41) is 7.98. The molecule has 3 rings (SSSR count). The van der Waals surface area contributed by atoms with E-state index in [4.69, 9.17) is 9.84 Å². The lowest BCUT2D eigenvalue weighted by atomic mass is 10.1. The summed E-state index contributed by atoms with van der Waals surface area (Å²) in [6.45, 7) is 4.89. The maximum absolute atomic E-state index is 5.12. The monoisotopic (exact) mass is 323 g/mol. The van der Waals surface area contributed by atoms with Gasteiger partial charge in [0.15, 0.2) is 0 Å². The first-order chi connectivity index (χ1) is 11.7. The van der Waals surface area contributed by atoms with E-state index >= 15 is 0 Å². The third-order valence-electron chi connectivity index (χ3n) is 3.67. The predicted octanol–water partition coefficient (Wildman–Crippen LogP) is 3.41. The smallest absolute Gasteiger partial charge is 0.226 e. The fraction of sp³-hybridized carbons (Fsp3) is 0.278. The first kappa shape index (κ1) is 16.0. The number of para-hydroxylation sites is 1. The first-order valence-corrected chi connectivity index (χ1v) is 7.92. The summed E-state index contributed by atoms with van der Waals surface area (Å²) in [7, 11) is 1.59. The number of ether oxygens (including phenoxy) is 1. The van der Waals surface area contributed by atoms with Gasteiger partial charge in [0.1, 0.15) is 0 Å². The lowest BCUT2D eigenvalue weighted by molar-refractivity contribution is 0.397. The van der Waals surface area contributed by atoms with Gasteiger partial charge in [0.25, 0.3) is 0 Å². The van der Waals surface area contributed by atoms with Crippen molar-refractivity contribution in [1.29, 1.82) is 0 Å². The van der Waals surface area contributed by atoms with Crippen LogP contribution in [0.4, 0.5) is 5.95 Å². The molecular formula is C18H21N5O. The average Bonchev–Trinajstić information content (AvgIpc) is 3.05. The summed E-state index contributed by atoms with van der Waals surface area (Å²) in [5.41, 5.74) is 3.23. The van der Waals surface area contributed by atoms with Crippen molar-refractivity contribution < 1.29 is 4.74 Å². The lowest BCUT2D eigenvalue weighted by Crippen LogP contribution is -2.06. The number of aromatic nitrogens is 4. The first-order valence-electron chi connectivity index (χ1n) is 7.92. The van der Waals surface area contributed by atoms with E-state index < -0.39 is 0 Å². The van der Waals surface area contributed by atoms with Gasteiger partial charge in [-0.15, -0.1) is 0 Å². The molecule has 0 radical (unpaired) electrons. The summed E-state index contributed by atoms with van der Waals surface area (Å²) in [6.07, 6.45) is 3.72. The van der Waals surface area contributed by atoms with Crippen LogP contribution in [0.3, 0.4) is 0 Å². The zero-order chi connectivity index (χ0) is 16.9. The third kappa shape index (κ3) is 3.53. The second kappa shape index (κ2) is 7.12. The van der Waals surface area contributed by atoms with Gasteiger partial charge in [-0.05, 0) is 18.1 Å². The van der Waals surface area contributed by atoms with Gasteiger partial charge in [0.05, 0.1) is 18.5 Å². The van der Waals surface area contributed by atoms with Gasteiger partial charge < -0.3 is 10.1 Å². The van der Waals surface area contributed by atoms with E-state index in [1.54, 1.807) is 19.4 Å². The molecule has 0 bridgehead atoms. The molecule has 6 heteroatoms. The highest BCUT2D eigenvalue weighted by Gasteiger charge is 2.13. The third-order valence-corrected chi connectivity index (χ3v) is 3.67. The van der Waals surface area contributed by atoms with Crippen molar-refractivity contribution in [2.24, 2.45) is 0 Å². The molecule has 0 atom stereocenters. The van der Waals surface area contributed by atoms with Crippen molar-refractivity contribution >= 4 is 5.95 Å². The molecule has 1 aromatic carbocycles. The molecule has 0 saturated carbocycles. The molecule has 24 heavy (non-hydrogen) atoms. The van der Waals surface area contributed by atoms with Gasteiger partial charge in [-0.1, -0.05) is 32.0 Å². The Bertz CT molecular complexity index is 798. The Morgan fingerprint density at radius 2 is 1.96 bits per heavy atom. The maximum atomic E-state index is 5.12. The van der Waals surface area contributed by atoms with Crippen LogP contribution in [0.25, 0.3) is 5.69 Å². The van der Waals surface area contributed by atoms with Crippen LogP contribution >= 0.6 is 0 Å². The Hall–Kier alpha value is -2.89. The molecule has 2 heterocycles. The maximum Gasteiger partial charge on any atom is 0.226 e. The number of nitrogens with one attached hydrogen (secondary N) is 1. The predicted molar refractivity (Wildman–Crippen MR) is 93.6 cm³/mol. The summed E-state index contributed by atoms with van der Waals surface area (Å²) >= 11 is 0. The molecule has 0 fully saturated rings. The van der Waals surface area contributed by atoms with Crippen LogP contribution in [0, 0.1) is 0 Å². The minimum absolute atomic E-state index is 0.331. The minimum Gasteiger partial charge on any atom is -0.481 e. The second-order valence-corrected chi connectivity index (χ2v) is 5.75. The number of hydrogen-bond donors (Lipinski definition) is 1. The van der Waals surface area contributed by atoms with Crippen molar-refractivity contribution in [3.05, 3.63) is 60.0 Å². The Labute approximate surface area is 141 Å². The van der Waals surface area contributed by atoms with Crippen molar-refractivity contribution in [2.75, 3.05) is 12.4 Å². The Kier molecular flexibility index (Phi) is 4.74. The summed E-state index contributed by atoms with van der Waals surface area (Å²) in [4.78, 5) is 8.49. The van der Waals surface area contributed by atoms with Gasteiger partial charge in [-0.25, -0.2) is 9.67 Å². The fourth-order valence-corrected chi connectivity index (χ4v) is 2.47. The Balaban J connectivity index is 1.82. The zero-order valence-electron chi connectivity index (χ0n) is 14.1. The SMILES string of the molecule is COc1ccnc(NCc2cn(-c3ccccc3)nc2C(C)C)n1. The van der Waals surface area contributed by atoms with E-state index in [2.05, 4.69) is 35.3 Å². The second-order valence-electron chi connectivity index (χ2n) is 5.75. The summed E-state index contributed by atoms with van der Waals surface area (Å²) in [6, 6.07) is 11.8. The molecule has 6 nitrogen and oxygen atoms in total. The lowest BCUT2D eigenvalue weighted by Gasteiger charge is -2.07. The Morgan fingerprint density at radius 3 is 2.67 bits per heavy atom. The highest BCUT2D eigenvalue weighted by molar-refractivity contribution is 5.36. The van der Waals surface area contributed by atoms with Crippen LogP contribution in [0.1, 0.15) is 31.0 Å². The van der Waals surface area contributed by atoms with Gasteiger partial charge >= 0.3 is 0 Å². The van der Waals surface area contributed by atoms with E-state index in [1.165, 1.54) is 0 Å². The van der Waals surface area contributed by atoms with Crippen molar-refractivity contribution in [1.82, 2.24) is 19.7 Å². The van der Waals surface area contributed by atoms with Gasteiger partial charge in [-0.2, -0.15) is 10.1 Å². The molecule has 3 aromatic rings. The zero-order valence-corrected chi connectivity index (χ0v) is 14.1. The molecule has 0 aliphatic rings. The van der Waals surface area contributed by atoms with Crippen LogP contribution < -0.4 is 10.1 Å². The number of nitrogens with zero attached hydrogens (tertiary/aromatic N) is 4. The fourth-order valence-electron chi connectivity index (χ4n) is 2.47. The molecular weight excluding hydrogens is 302 g/mol. The number of hydrogen-bond acceptors (Lipinski definition) is 5. The summed E-state index contributed by atoms with van der Waals surface area (Å²) in [5.74, 6) is 1.41. The van der Waals surface area contributed by atoms with Crippen LogP contribution in [0.5, 0.6) is 5.88 Å². The average molecular weight is 323 g/mol. The van der Waals surface area contributed by atoms with E-state index in [1.807, 2.05) is 35.0 Å². The summed E-state index contributed by atoms with van der Waals surface area (Å²) < 4.78 is 7.04.